The predicted octanol–water partition coefficient (Wildman–Crippen LogP) is 5.20. The summed E-state index contributed by atoms with van der Waals surface area (Å²) in [4.78, 5) is 0. The van der Waals surface area contributed by atoms with Gasteiger partial charge in [-0.2, -0.15) is 0 Å². The molecule has 0 saturated heterocycles. The van der Waals surface area contributed by atoms with Gasteiger partial charge in [-0.05, 0) is 54.1 Å². The zero-order valence-corrected chi connectivity index (χ0v) is 13.4. The molecule has 1 nitrogen and oxygen atoms in total. The van der Waals surface area contributed by atoms with Crippen LogP contribution < -0.4 is 5.32 Å². The summed E-state index contributed by atoms with van der Waals surface area (Å²) < 4.78 is 0. The quantitative estimate of drug-likeness (QED) is 0.656. The average Bonchev–Trinajstić information content (AvgIpc) is 2.54. The van der Waals surface area contributed by atoms with E-state index in [9.17, 15) is 0 Å². The van der Waals surface area contributed by atoms with Crippen molar-refractivity contribution in [2.24, 2.45) is 0 Å². The molecule has 0 aliphatic rings. The molecule has 2 aromatic carbocycles. The molecule has 112 valence electrons. The highest BCUT2D eigenvalue weighted by Gasteiger charge is 2.00. The Labute approximate surface area is 129 Å². The van der Waals surface area contributed by atoms with E-state index in [2.05, 4.69) is 67.7 Å². The van der Waals surface area contributed by atoms with Crippen LogP contribution in [0.4, 0.5) is 0 Å². The number of unbranched alkanes of at least 4 members (excludes halogenated alkanes) is 1. The van der Waals surface area contributed by atoms with E-state index >= 15 is 0 Å². The topological polar surface area (TPSA) is 12.0 Å². The van der Waals surface area contributed by atoms with Crippen molar-refractivity contribution >= 4 is 0 Å². The molecule has 0 fully saturated rings. The highest BCUT2D eigenvalue weighted by molar-refractivity contribution is 5.64. The highest BCUT2D eigenvalue weighted by Crippen LogP contribution is 2.21. The summed E-state index contributed by atoms with van der Waals surface area (Å²) in [6.45, 7) is 6.47. The molecule has 0 aliphatic carbocycles. The monoisotopic (exact) mass is 281 g/mol. The van der Waals surface area contributed by atoms with Crippen LogP contribution in [0.25, 0.3) is 11.1 Å². The normalized spacial score (nSPS) is 10.8. The lowest BCUT2D eigenvalue weighted by atomic mass is 10.00. The number of hydrogen-bond acceptors (Lipinski definition) is 1. The smallest absolute Gasteiger partial charge is 0.0205 e. The third-order valence-corrected chi connectivity index (χ3v) is 3.79. The number of aryl methyl sites for hydroxylation is 1. The molecule has 2 rings (SSSR count). The zero-order chi connectivity index (χ0) is 14.9. The lowest BCUT2D eigenvalue weighted by molar-refractivity contribution is 0.675. The Morgan fingerprint density at radius 1 is 0.810 bits per heavy atom. The van der Waals surface area contributed by atoms with Crippen LogP contribution in [-0.2, 0) is 13.0 Å². The molecule has 2 aromatic rings. The molecule has 0 unspecified atom stereocenters. The SMILES string of the molecule is CCCCc1ccc(-c2cccc(CNCCC)c2)cc1. The van der Waals surface area contributed by atoms with Crippen molar-refractivity contribution in [3.05, 3.63) is 59.7 Å². The summed E-state index contributed by atoms with van der Waals surface area (Å²) in [5.41, 5.74) is 5.43. The predicted molar refractivity (Wildman–Crippen MR) is 92.5 cm³/mol. The molecule has 0 amide bonds. The van der Waals surface area contributed by atoms with Gasteiger partial charge in [0.1, 0.15) is 0 Å². The van der Waals surface area contributed by atoms with Gasteiger partial charge in [-0.15, -0.1) is 0 Å². The van der Waals surface area contributed by atoms with Crippen molar-refractivity contribution in [1.82, 2.24) is 5.32 Å². The van der Waals surface area contributed by atoms with E-state index in [1.54, 1.807) is 0 Å². The fraction of sp³-hybridized carbons (Fsp3) is 0.400. The summed E-state index contributed by atoms with van der Waals surface area (Å²) in [5.74, 6) is 0. The molecule has 21 heavy (non-hydrogen) atoms. The summed E-state index contributed by atoms with van der Waals surface area (Å²) in [6, 6.07) is 17.9. The molecule has 0 radical (unpaired) electrons. The third-order valence-electron chi connectivity index (χ3n) is 3.79. The first-order valence-corrected chi connectivity index (χ1v) is 8.22. The maximum atomic E-state index is 3.46. The summed E-state index contributed by atoms with van der Waals surface area (Å²) in [5, 5.41) is 3.46. The largest absolute Gasteiger partial charge is 0.313 e. The van der Waals surface area contributed by atoms with Gasteiger partial charge < -0.3 is 5.32 Å². The first-order chi connectivity index (χ1) is 10.3. The molecule has 0 aliphatic heterocycles. The Morgan fingerprint density at radius 2 is 1.62 bits per heavy atom. The van der Waals surface area contributed by atoms with Gasteiger partial charge in [-0.3, -0.25) is 0 Å². The first kappa shape index (κ1) is 15.8. The third kappa shape index (κ3) is 5.02. The van der Waals surface area contributed by atoms with Crippen molar-refractivity contribution in [3.8, 4) is 11.1 Å². The molecular weight excluding hydrogens is 254 g/mol. The van der Waals surface area contributed by atoms with Gasteiger partial charge >= 0.3 is 0 Å². The van der Waals surface area contributed by atoms with E-state index in [0.29, 0.717) is 0 Å². The van der Waals surface area contributed by atoms with Gasteiger partial charge in [0.15, 0.2) is 0 Å². The Balaban J connectivity index is 2.05. The fourth-order valence-corrected chi connectivity index (χ4v) is 2.52. The van der Waals surface area contributed by atoms with Crippen LogP contribution in [0.1, 0.15) is 44.2 Å². The molecular formula is C20H27N. The minimum absolute atomic E-state index is 0.955. The van der Waals surface area contributed by atoms with E-state index in [4.69, 9.17) is 0 Å². The second-order valence-corrected chi connectivity index (χ2v) is 5.68. The van der Waals surface area contributed by atoms with Crippen molar-refractivity contribution in [2.45, 2.75) is 46.1 Å². The molecule has 0 aromatic heterocycles. The van der Waals surface area contributed by atoms with Gasteiger partial charge in [0.25, 0.3) is 0 Å². The Bertz CT molecular complexity index is 528. The Morgan fingerprint density at radius 3 is 2.33 bits per heavy atom. The van der Waals surface area contributed by atoms with Gasteiger partial charge in [0.05, 0.1) is 0 Å². The van der Waals surface area contributed by atoms with Gasteiger partial charge in [-0.25, -0.2) is 0 Å². The van der Waals surface area contributed by atoms with E-state index in [-0.39, 0.29) is 0 Å². The van der Waals surface area contributed by atoms with Crippen molar-refractivity contribution in [1.29, 1.82) is 0 Å². The van der Waals surface area contributed by atoms with Crippen LogP contribution in [0.3, 0.4) is 0 Å². The van der Waals surface area contributed by atoms with Crippen molar-refractivity contribution in [2.75, 3.05) is 6.54 Å². The minimum atomic E-state index is 0.955. The lowest BCUT2D eigenvalue weighted by Gasteiger charge is -2.08. The Kier molecular flexibility index (Phi) is 6.49. The second-order valence-electron chi connectivity index (χ2n) is 5.68. The standard InChI is InChI=1S/C20H27N/c1-3-5-7-17-10-12-19(13-11-17)20-9-6-8-18(15-20)16-21-14-4-2/h6,8-13,15,21H,3-5,7,14,16H2,1-2H3. The molecule has 0 saturated carbocycles. The number of rotatable bonds is 8. The number of benzene rings is 2. The number of hydrogen-bond donors (Lipinski definition) is 1. The van der Waals surface area contributed by atoms with E-state index in [1.165, 1.54) is 47.9 Å². The number of nitrogens with one attached hydrogen (secondary N) is 1. The molecule has 0 bridgehead atoms. The summed E-state index contributed by atoms with van der Waals surface area (Å²) in [7, 11) is 0. The van der Waals surface area contributed by atoms with E-state index < -0.39 is 0 Å². The fourth-order valence-electron chi connectivity index (χ4n) is 2.52. The van der Waals surface area contributed by atoms with Crippen LogP contribution in [-0.4, -0.2) is 6.54 Å². The van der Waals surface area contributed by atoms with E-state index in [0.717, 1.165) is 13.1 Å². The van der Waals surface area contributed by atoms with E-state index in [1.807, 2.05) is 0 Å². The van der Waals surface area contributed by atoms with Gasteiger partial charge in [-0.1, -0.05) is 62.7 Å². The molecule has 1 N–H and O–H groups in total. The molecule has 0 atom stereocenters. The lowest BCUT2D eigenvalue weighted by Crippen LogP contribution is -2.13. The molecule has 0 heterocycles. The maximum Gasteiger partial charge on any atom is 0.0205 e. The minimum Gasteiger partial charge on any atom is -0.313 e. The average molecular weight is 281 g/mol. The highest BCUT2D eigenvalue weighted by atomic mass is 14.8. The van der Waals surface area contributed by atoms with Crippen LogP contribution in [0, 0.1) is 0 Å². The van der Waals surface area contributed by atoms with Crippen molar-refractivity contribution in [3.63, 3.8) is 0 Å². The van der Waals surface area contributed by atoms with Crippen LogP contribution in [0.15, 0.2) is 48.5 Å². The van der Waals surface area contributed by atoms with Crippen LogP contribution in [0.5, 0.6) is 0 Å². The van der Waals surface area contributed by atoms with Crippen LogP contribution in [0.2, 0.25) is 0 Å². The second kappa shape index (κ2) is 8.63. The van der Waals surface area contributed by atoms with Crippen LogP contribution >= 0.6 is 0 Å². The summed E-state index contributed by atoms with van der Waals surface area (Å²) >= 11 is 0. The molecule has 1 heteroatoms. The molecule has 0 spiro atoms. The van der Waals surface area contributed by atoms with Gasteiger partial charge in [0.2, 0.25) is 0 Å². The van der Waals surface area contributed by atoms with Crippen molar-refractivity contribution < 1.29 is 0 Å². The Hall–Kier alpha value is -1.60. The first-order valence-electron chi connectivity index (χ1n) is 8.22. The van der Waals surface area contributed by atoms with Gasteiger partial charge in [0, 0.05) is 6.54 Å². The summed E-state index contributed by atoms with van der Waals surface area (Å²) in [6.07, 6.45) is 4.91. The maximum absolute atomic E-state index is 3.46. The zero-order valence-electron chi connectivity index (χ0n) is 13.4.